The summed E-state index contributed by atoms with van der Waals surface area (Å²) in [6.07, 6.45) is -4.46. The zero-order valence-electron chi connectivity index (χ0n) is 20.7. The van der Waals surface area contributed by atoms with Gasteiger partial charge in [0.2, 0.25) is 5.91 Å². The molecule has 0 radical (unpaired) electrons. The summed E-state index contributed by atoms with van der Waals surface area (Å²) in [4.78, 5) is 37.3. The van der Waals surface area contributed by atoms with Crippen molar-refractivity contribution >= 4 is 46.1 Å². The van der Waals surface area contributed by atoms with Gasteiger partial charge in [0.25, 0.3) is 11.8 Å². The van der Waals surface area contributed by atoms with Gasteiger partial charge in [0.05, 0.1) is 31.5 Å². The zero-order chi connectivity index (χ0) is 29.0. The van der Waals surface area contributed by atoms with Crippen LogP contribution in [0.25, 0.3) is 10.4 Å². The van der Waals surface area contributed by atoms with Crippen molar-refractivity contribution in [2.45, 2.75) is 19.6 Å². The molecule has 3 amide bonds. The molecule has 0 atom stereocenters. The summed E-state index contributed by atoms with van der Waals surface area (Å²) < 4.78 is 38.5. The van der Waals surface area contributed by atoms with Crippen molar-refractivity contribution in [2.75, 3.05) is 0 Å². The second-order valence-electron chi connectivity index (χ2n) is 8.45. The van der Waals surface area contributed by atoms with Gasteiger partial charge in [-0.25, -0.2) is 5.43 Å². The molecule has 0 unspecified atom stereocenters. The molecule has 0 fully saturated rings. The van der Waals surface area contributed by atoms with E-state index in [1.807, 2.05) is 0 Å². The van der Waals surface area contributed by atoms with Crippen LogP contribution < -0.4 is 16.5 Å². The number of aromatic hydroxyl groups is 1. The van der Waals surface area contributed by atoms with Crippen molar-refractivity contribution in [3.8, 4) is 16.2 Å². The molecule has 40 heavy (non-hydrogen) atoms. The van der Waals surface area contributed by atoms with E-state index in [1.54, 1.807) is 36.6 Å². The summed E-state index contributed by atoms with van der Waals surface area (Å²) >= 11 is 2.08. The van der Waals surface area contributed by atoms with Crippen molar-refractivity contribution in [3.63, 3.8) is 0 Å². The highest BCUT2D eigenvalue weighted by Crippen LogP contribution is 2.40. The fraction of sp³-hybridized carbons (Fsp3) is 0.111. The van der Waals surface area contributed by atoms with E-state index in [-0.39, 0.29) is 27.8 Å². The fourth-order valence-electron chi connectivity index (χ4n) is 3.56. The van der Waals surface area contributed by atoms with Crippen LogP contribution in [0, 0.1) is 0 Å². The first-order valence-corrected chi connectivity index (χ1v) is 13.2. The average molecular weight is 587 g/mol. The van der Waals surface area contributed by atoms with Crippen molar-refractivity contribution in [1.29, 1.82) is 0 Å². The molecule has 206 valence electrons. The SMILES string of the molecule is CC(=NNC(=O)c1ccc(C(=O)NCc2cccc(C(N)=O)c2)s1)c1csc(-c2ccc(C(F)(F)F)cc2)c1O. The third kappa shape index (κ3) is 6.55. The molecule has 4 aromatic rings. The lowest BCUT2D eigenvalue weighted by atomic mass is 10.1. The number of hydrogen-bond donors (Lipinski definition) is 4. The Morgan fingerprint density at radius 3 is 2.33 bits per heavy atom. The number of amides is 3. The van der Waals surface area contributed by atoms with E-state index in [4.69, 9.17) is 5.73 Å². The lowest BCUT2D eigenvalue weighted by Gasteiger charge is -2.07. The number of carbonyl (C=O) groups is 3. The Labute approximate surface area is 234 Å². The maximum atomic E-state index is 12.8. The standard InChI is InChI=1S/C27H21F3N4O4S2/c1-14(19-13-39-23(22(19)35)16-5-7-18(8-6-16)27(28,29)30)33-34-26(38)21-10-9-20(40-21)25(37)32-12-15-3-2-4-17(11-15)24(31)36/h2-11,13,35H,12H2,1H3,(H2,31,36)(H,32,37)(H,34,38). The number of nitrogens with two attached hydrogens (primary N) is 1. The second kappa shape index (κ2) is 11.7. The Bertz CT molecular complexity index is 1610. The van der Waals surface area contributed by atoms with Crippen molar-refractivity contribution in [3.05, 3.63) is 98.1 Å². The van der Waals surface area contributed by atoms with Gasteiger partial charge in [-0.15, -0.1) is 22.7 Å². The number of benzene rings is 2. The van der Waals surface area contributed by atoms with Gasteiger partial charge in [-0.2, -0.15) is 18.3 Å². The number of halogens is 3. The predicted octanol–water partition coefficient (Wildman–Crippen LogP) is 5.38. The largest absolute Gasteiger partial charge is 0.506 e. The van der Waals surface area contributed by atoms with E-state index in [0.717, 1.165) is 34.8 Å². The number of thiophene rings is 2. The lowest BCUT2D eigenvalue weighted by Crippen LogP contribution is -2.22. The zero-order valence-corrected chi connectivity index (χ0v) is 22.3. The highest BCUT2D eigenvalue weighted by atomic mass is 32.1. The predicted molar refractivity (Wildman–Crippen MR) is 147 cm³/mol. The summed E-state index contributed by atoms with van der Waals surface area (Å²) in [5, 5.41) is 19.0. The molecule has 13 heteroatoms. The molecule has 4 rings (SSSR count). The molecule has 2 heterocycles. The normalized spacial score (nSPS) is 11.8. The van der Waals surface area contributed by atoms with Crippen molar-refractivity contribution < 1.29 is 32.7 Å². The number of carbonyl (C=O) groups excluding carboxylic acids is 3. The van der Waals surface area contributed by atoms with E-state index < -0.39 is 29.5 Å². The van der Waals surface area contributed by atoms with Gasteiger partial charge in [0.15, 0.2) is 0 Å². The molecule has 8 nitrogen and oxygen atoms in total. The molecule has 0 aliphatic rings. The van der Waals surface area contributed by atoms with Crippen LogP contribution in [0.5, 0.6) is 5.75 Å². The van der Waals surface area contributed by atoms with Crippen LogP contribution in [0.1, 0.15) is 53.3 Å². The molecule has 2 aromatic carbocycles. The molecule has 0 bridgehead atoms. The van der Waals surface area contributed by atoms with Crippen LogP contribution in [-0.4, -0.2) is 28.5 Å². The first-order chi connectivity index (χ1) is 18.9. The number of primary amides is 1. The quantitative estimate of drug-likeness (QED) is 0.163. The number of hydrogen-bond acceptors (Lipinski definition) is 7. The van der Waals surface area contributed by atoms with Gasteiger partial charge < -0.3 is 16.2 Å². The van der Waals surface area contributed by atoms with Gasteiger partial charge in [-0.1, -0.05) is 24.3 Å². The Morgan fingerprint density at radius 1 is 1.00 bits per heavy atom. The van der Waals surface area contributed by atoms with Crippen molar-refractivity contribution in [2.24, 2.45) is 10.8 Å². The van der Waals surface area contributed by atoms with Crippen LogP contribution >= 0.6 is 22.7 Å². The topological polar surface area (TPSA) is 134 Å². The maximum absolute atomic E-state index is 12.8. The van der Waals surface area contributed by atoms with Crippen LogP contribution in [0.3, 0.4) is 0 Å². The number of alkyl halides is 3. The molecule has 0 saturated carbocycles. The summed E-state index contributed by atoms with van der Waals surface area (Å²) in [7, 11) is 0. The minimum Gasteiger partial charge on any atom is -0.506 e. The molecular weight excluding hydrogens is 565 g/mol. The number of hydrazone groups is 1. The van der Waals surface area contributed by atoms with Gasteiger partial charge >= 0.3 is 6.18 Å². The minimum absolute atomic E-state index is 0.154. The summed E-state index contributed by atoms with van der Waals surface area (Å²) in [5.74, 6) is -1.73. The van der Waals surface area contributed by atoms with Gasteiger partial charge in [-0.05, 0) is 54.4 Å². The third-order valence-corrected chi connectivity index (χ3v) is 7.77. The maximum Gasteiger partial charge on any atom is 0.416 e. The molecule has 0 saturated heterocycles. The molecular formula is C27H21F3N4O4S2. The van der Waals surface area contributed by atoms with E-state index in [1.165, 1.54) is 24.3 Å². The van der Waals surface area contributed by atoms with E-state index >= 15 is 0 Å². The molecule has 5 N–H and O–H groups in total. The summed E-state index contributed by atoms with van der Waals surface area (Å²) in [6, 6.07) is 13.9. The molecule has 0 aliphatic heterocycles. The van der Waals surface area contributed by atoms with Crippen LogP contribution in [0.15, 0.2) is 71.1 Å². The first-order valence-electron chi connectivity index (χ1n) is 11.5. The van der Waals surface area contributed by atoms with E-state index in [2.05, 4.69) is 15.8 Å². The van der Waals surface area contributed by atoms with Gasteiger partial charge in [-0.3, -0.25) is 14.4 Å². The minimum atomic E-state index is -4.46. The van der Waals surface area contributed by atoms with Crippen molar-refractivity contribution in [1.82, 2.24) is 10.7 Å². The van der Waals surface area contributed by atoms with Crippen LogP contribution in [0.4, 0.5) is 13.2 Å². The monoisotopic (exact) mass is 586 g/mol. The smallest absolute Gasteiger partial charge is 0.416 e. The number of rotatable bonds is 8. The summed E-state index contributed by atoms with van der Waals surface area (Å²) in [6.45, 7) is 1.71. The van der Waals surface area contributed by atoms with Gasteiger partial charge in [0.1, 0.15) is 5.75 Å². The van der Waals surface area contributed by atoms with E-state index in [0.29, 0.717) is 27.1 Å². The highest BCUT2D eigenvalue weighted by Gasteiger charge is 2.30. The lowest BCUT2D eigenvalue weighted by molar-refractivity contribution is -0.137. The molecule has 0 spiro atoms. The summed E-state index contributed by atoms with van der Waals surface area (Å²) in [5.41, 5.74) is 8.85. The third-order valence-electron chi connectivity index (χ3n) is 5.67. The average Bonchev–Trinajstić information content (AvgIpc) is 3.57. The Hall–Kier alpha value is -4.49. The number of nitrogens with one attached hydrogen (secondary N) is 2. The Morgan fingerprint density at radius 2 is 1.68 bits per heavy atom. The Balaban J connectivity index is 1.38. The van der Waals surface area contributed by atoms with Crippen LogP contribution in [-0.2, 0) is 12.7 Å². The first kappa shape index (κ1) is 28.5. The van der Waals surface area contributed by atoms with Gasteiger partial charge in [0, 0.05) is 17.5 Å². The Kier molecular flexibility index (Phi) is 8.35. The highest BCUT2D eigenvalue weighted by molar-refractivity contribution is 7.16. The van der Waals surface area contributed by atoms with Crippen LogP contribution in [0.2, 0.25) is 0 Å². The fourth-order valence-corrected chi connectivity index (χ4v) is 5.38. The van der Waals surface area contributed by atoms with E-state index in [9.17, 15) is 32.7 Å². The number of nitrogens with zero attached hydrogens (tertiary/aromatic N) is 1. The molecule has 2 aromatic heterocycles. The molecule has 0 aliphatic carbocycles. The second-order valence-corrected chi connectivity index (χ2v) is 10.4.